The fraction of sp³-hybridized carbons (Fsp3) is 0.222. The first-order valence-electron chi connectivity index (χ1n) is 8.53. The van der Waals surface area contributed by atoms with Crippen LogP contribution < -0.4 is 5.32 Å². The molecule has 0 spiro atoms. The smallest absolute Gasteiger partial charge is 0.291 e. The number of hydrogen-bond donors (Lipinski definition) is 1. The monoisotopic (exact) mass is 362 g/mol. The maximum absolute atomic E-state index is 12.4. The van der Waals surface area contributed by atoms with Crippen LogP contribution in [0.4, 0.5) is 0 Å². The summed E-state index contributed by atoms with van der Waals surface area (Å²) in [5.41, 5.74) is 2.50. The Labute approximate surface area is 155 Å². The van der Waals surface area contributed by atoms with Crippen molar-refractivity contribution in [3.63, 3.8) is 0 Å². The van der Waals surface area contributed by atoms with Crippen LogP contribution in [-0.4, -0.2) is 46.6 Å². The van der Waals surface area contributed by atoms with Gasteiger partial charge in [0, 0.05) is 43.1 Å². The zero-order valence-electron chi connectivity index (χ0n) is 15.0. The third-order valence-electron chi connectivity index (χ3n) is 4.07. The van der Waals surface area contributed by atoms with Gasteiger partial charge in [0.25, 0.3) is 11.7 Å². The van der Waals surface area contributed by atoms with E-state index >= 15 is 0 Å². The number of carbonyl (C=O) groups excluding carboxylic acids is 1. The molecule has 27 heavy (non-hydrogen) atoms. The van der Waals surface area contributed by atoms with E-state index in [0.717, 1.165) is 22.9 Å². The number of nitrogens with zero attached hydrogens (tertiary/aromatic N) is 7. The van der Waals surface area contributed by atoms with Gasteiger partial charge in [-0.15, -0.1) is 5.10 Å². The predicted octanol–water partition coefficient (Wildman–Crippen LogP) is 1.43. The third kappa shape index (κ3) is 3.39. The lowest BCUT2D eigenvalue weighted by Gasteiger charge is -2.07. The minimum atomic E-state index is -0.336. The topological polar surface area (TPSA) is 103 Å². The third-order valence-corrected chi connectivity index (χ3v) is 4.07. The molecule has 9 nitrogen and oxygen atoms in total. The van der Waals surface area contributed by atoms with Crippen LogP contribution in [0.5, 0.6) is 0 Å². The van der Waals surface area contributed by atoms with Crippen LogP contribution in [0.2, 0.25) is 0 Å². The molecule has 0 radical (unpaired) electrons. The van der Waals surface area contributed by atoms with Gasteiger partial charge < -0.3 is 9.88 Å². The fourth-order valence-corrected chi connectivity index (χ4v) is 2.85. The molecule has 9 heteroatoms. The molecule has 0 aliphatic rings. The van der Waals surface area contributed by atoms with Crippen molar-refractivity contribution < 1.29 is 4.79 Å². The summed E-state index contributed by atoms with van der Waals surface area (Å²) < 4.78 is 3.51. The molecule has 1 amide bonds. The van der Waals surface area contributed by atoms with Gasteiger partial charge in [-0.25, -0.2) is 14.5 Å². The predicted molar refractivity (Wildman–Crippen MR) is 98.0 cm³/mol. The quantitative estimate of drug-likeness (QED) is 0.576. The van der Waals surface area contributed by atoms with Gasteiger partial charge in [0.05, 0.1) is 0 Å². The minimum Gasteiger partial charge on any atom is -0.347 e. The standard InChI is InChI=1S/C18H18N8O/c1-12-11-13(2)26-18(22-12)23-15(24-26)17(27)21-8-10-25-9-7-20-16(25)14-5-3-4-6-19-14/h3-7,9,11H,8,10H2,1-2H3,(H,21,27). The lowest BCUT2D eigenvalue weighted by Crippen LogP contribution is -2.28. The molecule has 4 aromatic rings. The molecule has 4 rings (SSSR count). The molecule has 1 N–H and O–H groups in total. The van der Waals surface area contributed by atoms with Crippen LogP contribution in [0, 0.1) is 13.8 Å². The minimum absolute atomic E-state index is 0.104. The van der Waals surface area contributed by atoms with Gasteiger partial charge in [-0.1, -0.05) is 6.07 Å². The van der Waals surface area contributed by atoms with Gasteiger partial charge in [-0.2, -0.15) is 4.98 Å². The zero-order chi connectivity index (χ0) is 18.8. The fourth-order valence-electron chi connectivity index (χ4n) is 2.85. The van der Waals surface area contributed by atoms with Crippen molar-refractivity contribution >= 4 is 11.7 Å². The molecule has 0 bridgehead atoms. The number of fused-ring (bicyclic) bond motifs is 1. The number of amides is 1. The first kappa shape index (κ1) is 16.8. The van der Waals surface area contributed by atoms with E-state index in [9.17, 15) is 4.79 Å². The van der Waals surface area contributed by atoms with E-state index in [1.807, 2.05) is 48.9 Å². The number of hydrogen-bond acceptors (Lipinski definition) is 6. The van der Waals surface area contributed by atoms with Crippen LogP contribution in [0.1, 0.15) is 22.0 Å². The Balaban J connectivity index is 1.44. The number of imidazole rings is 1. The van der Waals surface area contributed by atoms with E-state index < -0.39 is 0 Å². The van der Waals surface area contributed by atoms with Gasteiger partial charge in [0.15, 0.2) is 5.82 Å². The van der Waals surface area contributed by atoms with Crippen molar-refractivity contribution in [3.8, 4) is 11.5 Å². The molecule has 4 heterocycles. The maximum Gasteiger partial charge on any atom is 0.291 e. The Bertz CT molecular complexity index is 1100. The summed E-state index contributed by atoms with van der Waals surface area (Å²) in [6.07, 6.45) is 5.30. The molecule has 0 atom stereocenters. The summed E-state index contributed by atoms with van der Waals surface area (Å²) in [5.74, 6) is 0.944. The van der Waals surface area contributed by atoms with E-state index in [4.69, 9.17) is 0 Å². The average molecular weight is 362 g/mol. The summed E-state index contributed by atoms with van der Waals surface area (Å²) >= 11 is 0. The van der Waals surface area contributed by atoms with Gasteiger partial charge in [-0.05, 0) is 32.0 Å². The lowest BCUT2D eigenvalue weighted by atomic mass is 10.3. The lowest BCUT2D eigenvalue weighted by molar-refractivity contribution is 0.0942. The molecule has 0 aliphatic heterocycles. The summed E-state index contributed by atoms with van der Waals surface area (Å²) in [4.78, 5) is 29.5. The first-order valence-corrected chi connectivity index (χ1v) is 8.53. The second-order valence-electron chi connectivity index (χ2n) is 6.10. The maximum atomic E-state index is 12.4. The van der Waals surface area contributed by atoms with E-state index in [0.29, 0.717) is 18.9 Å². The molecule has 0 aliphatic carbocycles. The highest BCUT2D eigenvalue weighted by atomic mass is 16.2. The number of aryl methyl sites for hydroxylation is 2. The SMILES string of the molecule is Cc1cc(C)n2nc(C(=O)NCCn3ccnc3-c3ccccn3)nc2n1. The second-order valence-corrected chi connectivity index (χ2v) is 6.10. The van der Waals surface area contributed by atoms with Crippen molar-refractivity contribution in [2.24, 2.45) is 0 Å². The molecular formula is C18H18N8O. The van der Waals surface area contributed by atoms with E-state index in [-0.39, 0.29) is 11.7 Å². The van der Waals surface area contributed by atoms with Gasteiger partial charge in [-0.3, -0.25) is 9.78 Å². The molecule has 4 aromatic heterocycles. The molecule has 0 aromatic carbocycles. The van der Waals surface area contributed by atoms with Crippen molar-refractivity contribution in [1.29, 1.82) is 0 Å². The summed E-state index contributed by atoms with van der Waals surface area (Å²) in [5, 5.41) is 7.07. The Morgan fingerprint density at radius 3 is 2.85 bits per heavy atom. The summed E-state index contributed by atoms with van der Waals surface area (Å²) in [7, 11) is 0. The van der Waals surface area contributed by atoms with E-state index in [2.05, 4.69) is 30.4 Å². The van der Waals surface area contributed by atoms with E-state index in [1.165, 1.54) is 0 Å². The Kier molecular flexibility index (Phi) is 4.33. The Morgan fingerprint density at radius 1 is 1.15 bits per heavy atom. The number of nitrogens with one attached hydrogen (secondary N) is 1. The van der Waals surface area contributed by atoms with Crippen molar-refractivity contribution in [1.82, 2.24) is 39.4 Å². The second kappa shape index (κ2) is 6.94. The molecule has 0 unspecified atom stereocenters. The van der Waals surface area contributed by atoms with Gasteiger partial charge in [0.2, 0.25) is 5.82 Å². The Hall–Kier alpha value is -3.62. The highest BCUT2D eigenvalue weighted by molar-refractivity contribution is 5.90. The van der Waals surface area contributed by atoms with Crippen LogP contribution >= 0.6 is 0 Å². The largest absolute Gasteiger partial charge is 0.347 e. The van der Waals surface area contributed by atoms with Crippen LogP contribution in [0.25, 0.3) is 17.3 Å². The van der Waals surface area contributed by atoms with Crippen LogP contribution in [0.3, 0.4) is 0 Å². The van der Waals surface area contributed by atoms with Crippen molar-refractivity contribution in [2.45, 2.75) is 20.4 Å². The number of pyridine rings is 1. The Morgan fingerprint density at radius 2 is 2.04 bits per heavy atom. The average Bonchev–Trinajstić information content (AvgIpc) is 3.29. The van der Waals surface area contributed by atoms with Gasteiger partial charge >= 0.3 is 0 Å². The summed E-state index contributed by atoms with van der Waals surface area (Å²) in [6.45, 7) is 4.75. The number of carbonyl (C=O) groups is 1. The zero-order valence-corrected chi connectivity index (χ0v) is 15.0. The summed E-state index contributed by atoms with van der Waals surface area (Å²) in [6, 6.07) is 7.56. The van der Waals surface area contributed by atoms with Crippen molar-refractivity contribution in [3.05, 3.63) is 60.1 Å². The van der Waals surface area contributed by atoms with Crippen LogP contribution in [0.15, 0.2) is 42.9 Å². The molecule has 136 valence electrons. The molecule has 0 fully saturated rings. The molecular weight excluding hydrogens is 344 g/mol. The normalized spacial score (nSPS) is 11.0. The molecule has 0 saturated carbocycles. The van der Waals surface area contributed by atoms with E-state index in [1.54, 1.807) is 16.9 Å². The highest BCUT2D eigenvalue weighted by Gasteiger charge is 2.15. The highest BCUT2D eigenvalue weighted by Crippen LogP contribution is 2.13. The van der Waals surface area contributed by atoms with Gasteiger partial charge in [0.1, 0.15) is 5.69 Å². The molecule has 0 saturated heterocycles. The first-order chi connectivity index (χ1) is 13.1. The van der Waals surface area contributed by atoms with Crippen LogP contribution in [-0.2, 0) is 6.54 Å². The number of rotatable bonds is 5. The van der Waals surface area contributed by atoms with Crippen molar-refractivity contribution in [2.75, 3.05) is 6.54 Å². The number of aromatic nitrogens is 7.